The van der Waals surface area contributed by atoms with E-state index in [0.29, 0.717) is 17.0 Å². The van der Waals surface area contributed by atoms with Gasteiger partial charge in [-0.05, 0) is 30.3 Å². The van der Waals surface area contributed by atoms with Gasteiger partial charge in [0.05, 0.1) is 6.20 Å². The minimum atomic E-state index is 0.184. The number of rotatable bonds is 4. The van der Waals surface area contributed by atoms with Crippen molar-refractivity contribution in [1.82, 2.24) is 19.9 Å². The number of fused-ring (bicyclic) bond motifs is 1. The summed E-state index contributed by atoms with van der Waals surface area (Å²) in [5, 5.41) is 0.921. The van der Waals surface area contributed by atoms with Crippen molar-refractivity contribution in [2.45, 2.75) is 0 Å². The molecule has 2 N–H and O–H groups in total. The van der Waals surface area contributed by atoms with Crippen LogP contribution < -0.4 is 15.2 Å². The topological polar surface area (TPSA) is 96.0 Å². The Morgan fingerprint density at radius 1 is 0.885 bits per heavy atom. The summed E-state index contributed by atoms with van der Waals surface area (Å²) < 4.78 is 12.5. The van der Waals surface area contributed by atoms with Crippen molar-refractivity contribution >= 4 is 32.5 Å². The highest BCUT2D eigenvalue weighted by Crippen LogP contribution is 2.36. The van der Waals surface area contributed by atoms with E-state index in [1.807, 2.05) is 18.2 Å². The fraction of sp³-hybridized carbons (Fsp3) is 0. The number of nitrogens with zero attached hydrogens (tertiary/aromatic N) is 4. The number of benzene rings is 1. The molecule has 3 heterocycles. The van der Waals surface area contributed by atoms with E-state index >= 15 is 0 Å². The minimum absolute atomic E-state index is 0.184. The average Bonchev–Trinajstić information content (AvgIpc) is 2.68. The Bertz CT molecular complexity index is 1080. The van der Waals surface area contributed by atoms with Crippen molar-refractivity contribution in [2.24, 2.45) is 0 Å². The molecule has 0 aliphatic carbocycles. The number of pyridine rings is 2. The van der Waals surface area contributed by atoms with Crippen LogP contribution in [-0.4, -0.2) is 19.9 Å². The van der Waals surface area contributed by atoms with Crippen LogP contribution in [0.4, 0.5) is 5.69 Å². The molecule has 0 amide bonds. The third kappa shape index (κ3) is 3.14. The van der Waals surface area contributed by atoms with E-state index in [9.17, 15) is 0 Å². The van der Waals surface area contributed by atoms with Crippen LogP contribution in [0.5, 0.6) is 23.3 Å². The lowest BCUT2D eigenvalue weighted by molar-refractivity contribution is 0.439. The summed E-state index contributed by atoms with van der Waals surface area (Å²) in [6, 6.07) is 11.0. The highest BCUT2D eigenvalue weighted by Gasteiger charge is 2.15. The van der Waals surface area contributed by atoms with Crippen LogP contribution in [0.1, 0.15) is 0 Å². The second-order valence-corrected chi connectivity index (χ2v) is 6.09. The molecule has 0 saturated heterocycles. The number of ether oxygens (including phenoxy) is 2. The number of aromatic nitrogens is 4. The van der Waals surface area contributed by atoms with E-state index < -0.39 is 0 Å². The molecule has 0 atom stereocenters. The highest BCUT2D eigenvalue weighted by atomic mass is 79.9. The van der Waals surface area contributed by atoms with Gasteiger partial charge in [-0.2, -0.15) is 9.97 Å². The predicted octanol–water partition coefficient (Wildman–Crippen LogP) is 4.35. The molecule has 0 unspecified atom stereocenters. The van der Waals surface area contributed by atoms with Gasteiger partial charge in [-0.25, -0.2) is 0 Å². The SMILES string of the molecule is Nc1c(Oc2cccnc2)ncnc1Oc1ccc(Br)c2cccnc12. The first-order chi connectivity index (χ1) is 12.7. The Labute approximate surface area is 157 Å². The Balaban J connectivity index is 1.70. The molecule has 26 heavy (non-hydrogen) atoms. The molecule has 4 aromatic rings. The molecule has 0 aliphatic rings. The quantitative estimate of drug-likeness (QED) is 0.534. The number of hydrogen-bond acceptors (Lipinski definition) is 7. The Hall–Kier alpha value is -3.26. The smallest absolute Gasteiger partial charge is 0.249 e. The molecule has 1 aromatic carbocycles. The van der Waals surface area contributed by atoms with Crippen molar-refractivity contribution in [3.63, 3.8) is 0 Å². The van der Waals surface area contributed by atoms with Crippen molar-refractivity contribution in [2.75, 3.05) is 5.73 Å². The molecule has 4 rings (SSSR count). The Kier molecular flexibility index (Phi) is 4.32. The maximum atomic E-state index is 6.13. The van der Waals surface area contributed by atoms with E-state index in [4.69, 9.17) is 15.2 Å². The van der Waals surface area contributed by atoms with E-state index in [2.05, 4.69) is 35.9 Å². The molecule has 128 valence electrons. The normalized spacial score (nSPS) is 10.7. The number of hydrogen-bond donors (Lipinski definition) is 1. The van der Waals surface area contributed by atoms with Gasteiger partial charge in [-0.1, -0.05) is 22.0 Å². The van der Waals surface area contributed by atoms with Crippen molar-refractivity contribution in [3.05, 3.63) is 65.8 Å². The molecule has 0 bridgehead atoms. The van der Waals surface area contributed by atoms with Crippen molar-refractivity contribution < 1.29 is 9.47 Å². The van der Waals surface area contributed by atoms with Gasteiger partial charge in [-0.3, -0.25) is 9.97 Å². The lowest BCUT2D eigenvalue weighted by atomic mass is 10.2. The summed E-state index contributed by atoms with van der Waals surface area (Å²) >= 11 is 3.51. The third-order valence-electron chi connectivity index (χ3n) is 3.55. The van der Waals surface area contributed by atoms with Crippen LogP contribution in [0, 0.1) is 0 Å². The average molecular weight is 410 g/mol. The van der Waals surface area contributed by atoms with Gasteiger partial charge in [-0.15, -0.1) is 0 Å². The maximum Gasteiger partial charge on any atom is 0.249 e. The zero-order valence-electron chi connectivity index (χ0n) is 13.3. The Morgan fingerprint density at radius 2 is 1.69 bits per heavy atom. The van der Waals surface area contributed by atoms with Gasteiger partial charge < -0.3 is 15.2 Å². The first-order valence-electron chi connectivity index (χ1n) is 7.62. The molecule has 0 radical (unpaired) electrons. The highest BCUT2D eigenvalue weighted by molar-refractivity contribution is 9.10. The summed E-state index contributed by atoms with van der Waals surface area (Å²) in [5.74, 6) is 1.42. The molecule has 3 aromatic heterocycles. The van der Waals surface area contributed by atoms with Gasteiger partial charge in [0, 0.05) is 22.3 Å². The number of nitrogen functional groups attached to an aromatic ring is 1. The predicted molar refractivity (Wildman–Crippen MR) is 100 cm³/mol. The zero-order valence-corrected chi connectivity index (χ0v) is 14.9. The lowest BCUT2D eigenvalue weighted by Crippen LogP contribution is -2.01. The van der Waals surface area contributed by atoms with Crippen LogP contribution in [0.25, 0.3) is 10.9 Å². The summed E-state index contributed by atoms with van der Waals surface area (Å²) in [7, 11) is 0. The minimum Gasteiger partial charge on any atom is -0.435 e. The fourth-order valence-electron chi connectivity index (χ4n) is 2.34. The van der Waals surface area contributed by atoms with E-state index in [-0.39, 0.29) is 17.4 Å². The number of nitrogens with two attached hydrogens (primary N) is 1. The van der Waals surface area contributed by atoms with Gasteiger partial charge in [0.25, 0.3) is 0 Å². The second kappa shape index (κ2) is 6.93. The standard InChI is InChI=1S/C18H12BrN5O2/c19-13-5-6-14(16-12(13)4-2-8-22-16)26-18-15(20)17(23-10-24-18)25-11-3-1-7-21-9-11/h1-10H,20H2. The van der Waals surface area contributed by atoms with Crippen LogP contribution in [-0.2, 0) is 0 Å². The molecule has 0 saturated carbocycles. The summed E-state index contributed by atoms with van der Waals surface area (Å²) in [5.41, 5.74) is 7.00. The number of halogens is 1. The molecular formula is C18H12BrN5O2. The first kappa shape index (κ1) is 16.2. The van der Waals surface area contributed by atoms with Gasteiger partial charge in [0.15, 0.2) is 11.4 Å². The van der Waals surface area contributed by atoms with Gasteiger partial charge in [0.2, 0.25) is 11.8 Å². The maximum absolute atomic E-state index is 6.13. The van der Waals surface area contributed by atoms with Gasteiger partial charge in [0.1, 0.15) is 17.6 Å². The van der Waals surface area contributed by atoms with Gasteiger partial charge >= 0.3 is 0 Å². The molecule has 0 fully saturated rings. The monoisotopic (exact) mass is 409 g/mol. The molecule has 0 aliphatic heterocycles. The first-order valence-corrected chi connectivity index (χ1v) is 8.41. The van der Waals surface area contributed by atoms with Crippen molar-refractivity contribution in [3.8, 4) is 23.3 Å². The van der Waals surface area contributed by atoms with E-state index in [1.54, 1.807) is 36.8 Å². The second-order valence-electron chi connectivity index (χ2n) is 5.24. The molecular weight excluding hydrogens is 398 g/mol. The third-order valence-corrected chi connectivity index (χ3v) is 4.24. The van der Waals surface area contributed by atoms with E-state index in [1.165, 1.54) is 6.33 Å². The summed E-state index contributed by atoms with van der Waals surface area (Å²) in [6.45, 7) is 0. The Morgan fingerprint density at radius 3 is 2.50 bits per heavy atom. The van der Waals surface area contributed by atoms with Crippen LogP contribution in [0.3, 0.4) is 0 Å². The summed E-state index contributed by atoms with van der Waals surface area (Å²) in [4.78, 5) is 16.5. The lowest BCUT2D eigenvalue weighted by Gasteiger charge is -2.12. The van der Waals surface area contributed by atoms with Crippen LogP contribution >= 0.6 is 15.9 Å². The van der Waals surface area contributed by atoms with Crippen LogP contribution in [0.2, 0.25) is 0 Å². The van der Waals surface area contributed by atoms with Crippen molar-refractivity contribution in [1.29, 1.82) is 0 Å². The molecule has 8 heteroatoms. The zero-order chi connectivity index (χ0) is 17.9. The molecule has 0 spiro atoms. The number of anilines is 1. The molecule has 7 nitrogen and oxygen atoms in total. The fourth-order valence-corrected chi connectivity index (χ4v) is 2.80. The van der Waals surface area contributed by atoms with Crippen LogP contribution in [0.15, 0.2) is 65.8 Å². The summed E-state index contributed by atoms with van der Waals surface area (Å²) in [6.07, 6.45) is 6.23. The van der Waals surface area contributed by atoms with E-state index in [0.717, 1.165) is 9.86 Å². The largest absolute Gasteiger partial charge is 0.435 e.